The van der Waals surface area contributed by atoms with Crippen molar-refractivity contribution in [1.82, 2.24) is 9.47 Å². The molecule has 4 heterocycles. The van der Waals surface area contributed by atoms with Crippen LogP contribution in [0.4, 0.5) is 0 Å². The number of hydrogen-bond acceptors (Lipinski definition) is 3. The number of aromatic nitrogens is 1. The molecule has 2 aromatic heterocycles. The molecule has 0 spiro atoms. The van der Waals surface area contributed by atoms with Crippen molar-refractivity contribution >= 4 is 5.91 Å². The summed E-state index contributed by atoms with van der Waals surface area (Å²) in [6.07, 6.45) is 1.05. The largest absolute Gasteiger partial charge is 0.466 e. The van der Waals surface area contributed by atoms with Gasteiger partial charge in [0, 0.05) is 37.3 Å². The van der Waals surface area contributed by atoms with Gasteiger partial charge in [0.2, 0.25) is 0 Å². The number of nitrogens with zero attached hydrogens (tertiary/aromatic N) is 2. The highest BCUT2D eigenvalue weighted by atomic mass is 16.3. The number of hydrogen-bond donors (Lipinski definition) is 0. The Labute approximate surface area is 134 Å². The number of carbonyl (C=O) groups excluding carboxylic acids is 1. The molecule has 4 rings (SSSR count). The van der Waals surface area contributed by atoms with Gasteiger partial charge in [-0.2, -0.15) is 0 Å². The summed E-state index contributed by atoms with van der Waals surface area (Å²) >= 11 is 0. The van der Waals surface area contributed by atoms with Gasteiger partial charge in [-0.1, -0.05) is 6.07 Å². The van der Waals surface area contributed by atoms with Gasteiger partial charge in [0.05, 0.1) is 5.56 Å². The van der Waals surface area contributed by atoms with Gasteiger partial charge in [-0.3, -0.25) is 9.59 Å². The third-order valence-corrected chi connectivity index (χ3v) is 5.04. The smallest absolute Gasteiger partial charge is 0.257 e. The highest BCUT2D eigenvalue weighted by Gasteiger charge is 2.37. The quantitative estimate of drug-likeness (QED) is 0.812. The van der Waals surface area contributed by atoms with Crippen LogP contribution < -0.4 is 5.56 Å². The normalized spacial score (nSPS) is 22.8. The first kappa shape index (κ1) is 14.3. The summed E-state index contributed by atoms with van der Waals surface area (Å²) in [7, 11) is 0. The molecule has 2 aliphatic rings. The molecule has 23 heavy (non-hydrogen) atoms. The van der Waals surface area contributed by atoms with E-state index in [2.05, 4.69) is 0 Å². The van der Waals surface area contributed by atoms with Crippen molar-refractivity contribution in [3.8, 4) is 0 Å². The van der Waals surface area contributed by atoms with Gasteiger partial charge >= 0.3 is 0 Å². The second kappa shape index (κ2) is 5.11. The standard InChI is InChI=1S/C18H20N2O3/c1-11-6-15(12(2)23-11)18(22)19-8-13-7-14(10-19)16-4-3-5-17(21)20(16)9-13/h3-6,13-14H,7-10H2,1-2H3/t13-,14+/m0/s1. The summed E-state index contributed by atoms with van der Waals surface area (Å²) in [5.74, 6) is 2.08. The van der Waals surface area contributed by atoms with E-state index in [1.54, 1.807) is 6.07 Å². The zero-order valence-corrected chi connectivity index (χ0v) is 13.4. The van der Waals surface area contributed by atoms with E-state index in [9.17, 15) is 9.59 Å². The minimum atomic E-state index is 0.0424. The van der Waals surface area contributed by atoms with E-state index in [0.717, 1.165) is 17.9 Å². The molecular formula is C18H20N2O3. The average Bonchev–Trinajstić information content (AvgIpc) is 2.86. The molecule has 0 unspecified atom stereocenters. The Morgan fingerprint density at radius 1 is 1.22 bits per heavy atom. The molecule has 0 aromatic carbocycles. The minimum absolute atomic E-state index is 0.0424. The maximum absolute atomic E-state index is 12.8. The van der Waals surface area contributed by atoms with Crippen molar-refractivity contribution in [1.29, 1.82) is 0 Å². The molecule has 0 radical (unpaired) electrons. The Morgan fingerprint density at radius 2 is 2.04 bits per heavy atom. The highest BCUT2D eigenvalue weighted by Crippen LogP contribution is 2.35. The van der Waals surface area contributed by atoms with E-state index in [4.69, 9.17) is 4.42 Å². The second-order valence-electron chi connectivity index (χ2n) is 6.74. The van der Waals surface area contributed by atoms with Crippen molar-refractivity contribution in [2.45, 2.75) is 32.7 Å². The Kier molecular flexibility index (Phi) is 3.18. The molecule has 5 heteroatoms. The number of fused-ring (bicyclic) bond motifs is 4. The lowest BCUT2D eigenvalue weighted by molar-refractivity contribution is 0.0593. The van der Waals surface area contributed by atoms with Crippen LogP contribution in [0.1, 0.15) is 39.9 Å². The van der Waals surface area contributed by atoms with Gasteiger partial charge in [0.15, 0.2) is 0 Å². The Morgan fingerprint density at radius 3 is 2.78 bits per heavy atom. The van der Waals surface area contributed by atoms with Gasteiger partial charge in [0.25, 0.3) is 11.5 Å². The molecule has 2 aromatic rings. The number of pyridine rings is 1. The van der Waals surface area contributed by atoms with Crippen LogP contribution in [-0.2, 0) is 6.54 Å². The number of likely N-dealkylation sites (tertiary alicyclic amines) is 1. The molecule has 0 aliphatic carbocycles. The summed E-state index contributed by atoms with van der Waals surface area (Å²) in [6.45, 7) is 5.78. The van der Waals surface area contributed by atoms with Crippen molar-refractivity contribution in [2.75, 3.05) is 13.1 Å². The van der Waals surface area contributed by atoms with Crippen molar-refractivity contribution in [3.63, 3.8) is 0 Å². The zero-order chi connectivity index (χ0) is 16.1. The fourth-order valence-corrected chi connectivity index (χ4v) is 4.08. The summed E-state index contributed by atoms with van der Waals surface area (Å²) in [5.41, 5.74) is 1.79. The molecular weight excluding hydrogens is 292 g/mol. The minimum Gasteiger partial charge on any atom is -0.466 e. The van der Waals surface area contributed by atoms with Crippen LogP contribution in [0.2, 0.25) is 0 Å². The number of aryl methyl sites for hydroxylation is 2. The monoisotopic (exact) mass is 312 g/mol. The predicted molar refractivity (Wildman–Crippen MR) is 85.6 cm³/mol. The van der Waals surface area contributed by atoms with Crippen LogP contribution in [0.25, 0.3) is 0 Å². The molecule has 0 N–H and O–H groups in total. The first-order valence-corrected chi connectivity index (χ1v) is 8.09. The number of carbonyl (C=O) groups is 1. The third-order valence-electron chi connectivity index (χ3n) is 5.04. The van der Waals surface area contributed by atoms with E-state index in [-0.39, 0.29) is 17.4 Å². The number of amides is 1. The van der Waals surface area contributed by atoms with Crippen LogP contribution in [0, 0.1) is 19.8 Å². The van der Waals surface area contributed by atoms with Crippen LogP contribution in [0.3, 0.4) is 0 Å². The van der Waals surface area contributed by atoms with Gasteiger partial charge in [0.1, 0.15) is 11.5 Å². The van der Waals surface area contributed by atoms with E-state index in [1.165, 1.54) is 0 Å². The van der Waals surface area contributed by atoms with Gasteiger partial charge in [-0.15, -0.1) is 0 Å². The molecule has 1 saturated heterocycles. The van der Waals surface area contributed by atoms with Crippen LogP contribution in [0.5, 0.6) is 0 Å². The van der Waals surface area contributed by atoms with E-state index in [1.807, 2.05) is 41.5 Å². The number of piperidine rings is 1. The van der Waals surface area contributed by atoms with E-state index < -0.39 is 0 Å². The molecule has 5 nitrogen and oxygen atoms in total. The van der Waals surface area contributed by atoms with Crippen LogP contribution >= 0.6 is 0 Å². The van der Waals surface area contributed by atoms with E-state index >= 15 is 0 Å². The summed E-state index contributed by atoms with van der Waals surface area (Å²) in [4.78, 5) is 26.8. The molecule has 0 saturated carbocycles. The maximum atomic E-state index is 12.8. The fraction of sp³-hybridized carbons (Fsp3) is 0.444. The molecule has 2 aliphatic heterocycles. The lowest BCUT2D eigenvalue weighted by Gasteiger charge is -2.42. The first-order chi connectivity index (χ1) is 11.0. The van der Waals surface area contributed by atoms with Gasteiger partial charge < -0.3 is 13.9 Å². The maximum Gasteiger partial charge on any atom is 0.257 e. The second-order valence-corrected chi connectivity index (χ2v) is 6.74. The predicted octanol–water partition coefficient (Wildman–Crippen LogP) is 2.32. The summed E-state index contributed by atoms with van der Waals surface area (Å²) < 4.78 is 7.38. The van der Waals surface area contributed by atoms with Gasteiger partial charge in [-0.05, 0) is 38.3 Å². The van der Waals surface area contributed by atoms with Crippen LogP contribution in [0.15, 0.2) is 33.5 Å². The molecule has 2 atom stereocenters. The molecule has 2 bridgehead atoms. The highest BCUT2D eigenvalue weighted by molar-refractivity contribution is 5.95. The Hall–Kier alpha value is -2.30. The Bertz CT molecular complexity index is 833. The average molecular weight is 312 g/mol. The number of rotatable bonds is 1. The third kappa shape index (κ3) is 2.31. The zero-order valence-electron chi connectivity index (χ0n) is 13.4. The van der Waals surface area contributed by atoms with Crippen LogP contribution in [-0.4, -0.2) is 28.5 Å². The van der Waals surface area contributed by atoms with Gasteiger partial charge in [-0.25, -0.2) is 0 Å². The first-order valence-electron chi connectivity index (χ1n) is 8.09. The van der Waals surface area contributed by atoms with Crippen molar-refractivity contribution in [2.24, 2.45) is 5.92 Å². The lowest BCUT2D eigenvalue weighted by atomic mass is 9.83. The molecule has 120 valence electrons. The SMILES string of the molecule is Cc1cc(C(=O)N2C[C@@H]3C[C@H](C2)c2cccc(=O)n2C3)c(C)o1. The van der Waals surface area contributed by atoms with Crippen molar-refractivity contribution in [3.05, 3.63) is 57.4 Å². The fourth-order valence-electron chi connectivity index (χ4n) is 4.08. The lowest BCUT2D eigenvalue weighted by Crippen LogP contribution is -2.49. The summed E-state index contributed by atoms with van der Waals surface area (Å²) in [5, 5.41) is 0. The topological polar surface area (TPSA) is 55.5 Å². The summed E-state index contributed by atoms with van der Waals surface area (Å²) in [6, 6.07) is 7.27. The van der Waals surface area contributed by atoms with Crippen molar-refractivity contribution < 1.29 is 9.21 Å². The Balaban J connectivity index is 1.65. The molecule has 1 fully saturated rings. The molecule has 1 amide bonds. The number of furan rings is 1. The van der Waals surface area contributed by atoms with E-state index in [0.29, 0.717) is 36.9 Å².